The molecule has 6 heteroatoms. The van der Waals surface area contributed by atoms with E-state index in [2.05, 4.69) is 0 Å². The maximum atomic E-state index is 12.4. The average molecular weight is 330 g/mol. The van der Waals surface area contributed by atoms with Crippen molar-refractivity contribution in [3.63, 3.8) is 0 Å². The molecule has 1 unspecified atom stereocenters. The van der Waals surface area contributed by atoms with Gasteiger partial charge in [-0.25, -0.2) is 4.79 Å². The summed E-state index contributed by atoms with van der Waals surface area (Å²) >= 11 is 0. The van der Waals surface area contributed by atoms with E-state index in [1.807, 2.05) is 0 Å². The predicted octanol–water partition coefficient (Wildman–Crippen LogP) is 2.34. The lowest BCUT2D eigenvalue weighted by molar-refractivity contribution is -0.231. The molecule has 24 heavy (non-hydrogen) atoms. The molecule has 1 aliphatic carbocycles. The van der Waals surface area contributed by atoms with Crippen LogP contribution in [0.3, 0.4) is 0 Å². The van der Waals surface area contributed by atoms with Gasteiger partial charge in [-0.15, -0.1) is 0 Å². The van der Waals surface area contributed by atoms with E-state index in [-0.39, 0.29) is 12.2 Å². The SMILES string of the molecule is COc1ccc(C2(O)OC(=O)C(C3=CCOO3)=C2CC2CC2)cc1. The summed E-state index contributed by atoms with van der Waals surface area (Å²) in [6.07, 6.45) is 4.42. The van der Waals surface area contributed by atoms with Gasteiger partial charge in [-0.3, -0.25) is 0 Å². The molecule has 1 fully saturated rings. The summed E-state index contributed by atoms with van der Waals surface area (Å²) in [6.45, 7) is 0.268. The molecule has 6 nitrogen and oxygen atoms in total. The Morgan fingerprint density at radius 1 is 1.29 bits per heavy atom. The molecular formula is C18H18O6. The lowest BCUT2D eigenvalue weighted by Gasteiger charge is -2.25. The van der Waals surface area contributed by atoms with Gasteiger partial charge in [0.2, 0.25) is 0 Å². The Labute approximate surface area is 139 Å². The molecule has 1 aromatic rings. The largest absolute Gasteiger partial charge is 0.497 e. The smallest absolute Gasteiger partial charge is 0.345 e. The van der Waals surface area contributed by atoms with Gasteiger partial charge >= 0.3 is 5.97 Å². The lowest BCUT2D eigenvalue weighted by Crippen LogP contribution is -2.29. The summed E-state index contributed by atoms with van der Waals surface area (Å²) in [4.78, 5) is 22.4. The normalized spacial score (nSPS) is 26.2. The molecule has 1 aromatic carbocycles. The first kappa shape index (κ1) is 15.2. The minimum Gasteiger partial charge on any atom is -0.497 e. The molecule has 3 aliphatic rings. The molecule has 126 valence electrons. The maximum Gasteiger partial charge on any atom is 0.345 e. The Bertz CT molecular complexity index is 728. The Morgan fingerprint density at radius 2 is 2.04 bits per heavy atom. The van der Waals surface area contributed by atoms with Crippen LogP contribution >= 0.6 is 0 Å². The summed E-state index contributed by atoms with van der Waals surface area (Å²) in [7, 11) is 1.57. The number of carbonyl (C=O) groups is 1. The van der Waals surface area contributed by atoms with Gasteiger partial charge in [-0.2, -0.15) is 4.89 Å². The van der Waals surface area contributed by atoms with Crippen LogP contribution in [-0.4, -0.2) is 24.8 Å². The van der Waals surface area contributed by atoms with Crippen LogP contribution in [0.2, 0.25) is 0 Å². The highest BCUT2D eigenvalue weighted by Crippen LogP contribution is 2.48. The van der Waals surface area contributed by atoms with Crippen LogP contribution in [0.25, 0.3) is 0 Å². The first-order valence-corrected chi connectivity index (χ1v) is 7.95. The number of hydrogen-bond acceptors (Lipinski definition) is 6. The Balaban J connectivity index is 1.78. The van der Waals surface area contributed by atoms with E-state index in [9.17, 15) is 9.90 Å². The van der Waals surface area contributed by atoms with Crippen molar-refractivity contribution in [3.8, 4) is 5.75 Å². The Hall–Kier alpha value is -2.31. The third-order valence-corrected chi connectivity index (χ3v) is 4.56. The minimum absolute atomic E-state index is 0.268. The van der Waals surface area contributed by atoms with Gasteiger partial charge in [-0.05, 0) is 55.5 Å². The summed E-state index contributed by atoms with van der Waals surface area (Å²) in [5.41, 5.74) is 1.30. The van der Waals surface area contributed by atoms with Gasteiger partial charge in [0.25, 0.3) is 5.79 Å². The molecule has 0 spiro atoms. The average Bonchev–Trinajstić information content (AvgIpc) is 3.17. The van der Waals surface area contributed by atoms with Crippen LogP contribution in [0.5, 0.6) is 5.75 Å². The molecule has 1 saturated carbocycles. The maximum absolute atomic E-state index is 12.4. The minimum atomic E-state index is -1.78. The predicted molar refractivity (Wildman–Crippen MR) is 82.5 cm³/mol. The van der Waals surface area contributed by atoms with Crippen molar-refractivity contribution >= 4 is 5.97 Å². The second-order valence-corrected chi connectivity index (χ2v) is 6.20. The van der Waals surface area contributed by atoms with E-state index in [1.54, 1.807) is 37.5 Å². The topological polar surface area (TPSA) is 74.2 Å². The quantitative estimate of drug-likeness (QED) is 0.660. The van der Waals surface area contributed by atoms with Crippen molar-refractivity contribution in [1.82, 2.24) is 0 Å². The zero-order chi connectivity index (χ0) is 16.7. The Kier molecular flexibility index (Phi) is 3.58. The fourth-order valence-corrected chi connectivity index (χ4v) is 3.07. The molecule has 0 radical (unpaired) electrons. The third-order valence-electron chi connectivity index (χ3n) is 4.56. The molecule has 1 N–H and O–H groups in total. The van der Waals surface area contributed by atoms with Crippen LogP contribution in [0.15, 0.2) is 47.2 Å². The first-order valence-electron chi connectivity index (χ1n) is 7.95. The number of aliphatic hydroxyl groups is 1. The summed E-state index contributed by atoms with van der Waals surface area (Å²) in [5.74, 6) is -0.943. The fraction of sp³-hybridized carbons (Fsp3) is 0.389. The second-order valence-electron chi connectivity index (χ2n) is 6.20. The van der Waals surface area contributed by atoms with Gasteiger partial charge in [0.1, 0.15) is 17.9 Å². The summed E-state index contributed by atoms with van der Waals surface area (Å²) in [5, 5.41) is 11.2. The van der Waals surface area contributed by atoms with E-state index in [0.717, 1.165) is 12.8 Å². The van der Waals surface area contributed by atoms with Gasteiger partial charge in [0.05, 0.1) is 7.11 Å². The highest BCUT2D eigenvalue weighted by Gasteiger charge is 2.51. The van der Waals surface area contributed by atoms with E-state index in [4.69, 9.17) is 19.2 Å². The first-order chi connectivity index (χ1) is 11.6. The molecule has 0 amide bonds. The van der Waals surface area contributed by atoms with Crippen molar-refractivity contribution in [2.75, 3.05) is 13.7 Å². The number of methoxy groups -OCH3 is 1. The van der Waals surface area contributed by atoms with Crippen LogP contribution in [0.4, 0.5) is 0 Å². The van der Waals surface area contributed by atoms with Crippen molar-refractivity contribution in [2.24, 2.45) is 5.92 Å². The molecule has 0 aromatic heterocycles. The monoisotopic (exact) mass is 330 g/mol. The molecule has 2 heterocycles. The van der Waals surface area contributed by atoms with E-state index < -0.39 is 11.8 Å². The number of hydrogen-bond donors (Lipinski definition) is 1. The molecular weight excluding hydrogens is 312 g/mol. The van der Waals surface area contributed by atoms with E-state index in [0.29, 0.717) is 35.0 Å². The zero-order valence-corrected chi connectivity index (χ0v) is 13.3. The van der Waals surface area contributed by atoms with Crippen molar-refractivity contribution in [1.29, 1.82) is 0 Å². The van der Waals surface area contributed by atoms with E-state index >= 15 is 0 Å². The number of rotatable bonds is 5. The standard InChI is InChI=1S/C18H18O6/c1-21-13-6-4-12(5-7-13)18(20)14(10-11-2-3-11)16(17(19)23-18)15-8-9-22-24-15/h4-8,11,20H,2-3,9-10H2,1H3. The number of benzene rings is 1. The van der Waals surface area contributed by atoms with Crippen LogP contribution in [-0.2, 0) is 25.1 Å². The lowest BCUT2D eigenvalue weighted by atomic mass is 9.90. The summed E-state index contributed by atoms with van der Waals surface area (Å²) in [6, 6.07) is 6.84. The van der Waals surface area contributed by atoms with Crippen LogP contribution in [0, 0.1) is 5.92 Å². The van der Waals surface area contributed by atoms with Crippen LogP contribution < -0.4 is 4.74 Å². The van der Waals surface area contributed by atoms with Gasteiger partial charge in [0.15, 0.2) is 5.76 Å². The molecule has 0 bridgehead atoms. The highest BCUT2D eigenvalue weighted by molar-refractivity contribution is 5.97. The van der Waals surface area contributed by atoms with Crippen molar-refractivity contribution in [3.05, 3.63) is 52.8 Å². The van der Waals surface area contributed by atoms with Gasteiger partial charge < -0.3 is 19.5 Å². The zero-order valence-electron chi connectivity index (χ0n) is 13.3. The highest BCUT2D eigenvalue weighted by atomic mass is 17.2. The van der Waals surface area contributed by atoms with Gasteiger partial charge in [-0.1, -0.05) is 0 Å². The fourth-order valence-electron chi connectivity index (χ4n) is 3.07. The third kappa shape index (κ3) is 2.48. The van der Waals surface area contributed by atoms with Crippen LogP contribution in [0.1, 0.15) is 24.8 Å². The van der Waals surface area contributed by atoms with Gasteiger partial charge in [0, 0.05) is 11.1 Å². The van der Waals surface area contributed by atoms with Crippen molar-refractivity contribution in [2.45, 2.75) is 25.0 Å². The molecule has 1 atom stereocenters. The number of carbonyl (C=O) groups excluding carboxylic acids is 1. The molecule has 2 aliphatic heterocycles. The molecule has 0 saturated heterocycles. The number of cyclic esters (lactones) is 1. The Morgan fingerprint density at radius 3 is 2.62 bits per heavy atom. The molecule has 4 rings (SSSR count). The summed E-state index contributed by atoms with van der Waals surface area (Å²) < 4.78 is 10.5. The number of esters is 1. The van der Waals surface area contributed by atoms with E-state index in [1.165, 1.54) is 0 Å². The van der Waals surface area contributed by atoms with Crippen molar-refractivity contribution < 1.29 is 29.1 Å². The second kappa shape index (κ2) is 5.65. The number of ether oxygens (including phenoxy) is 2.